The number of fused-ring (bicyclic) bond motifs is 2. The smallest absolute Gasteiger partial charge is 0.269 e. The van der Waals surface area contributed by atoms with E-state index in [0.29, 0.717) is 18.7 Å². The third-order valence-corrected chi connectivity index (χ3v) is 12.4. The fraction of sp³-hybridized carbons (Fsp3) is 0.400. The van der Waals surface area contributed by atoms with Crippen molar-refractivity contribution < 1.29 is 33.3 Å². The van der Waals surface area contributed by atoms with Crippen LogP contribution in [-0.2, 0) is 37.8 Å². The van der Waals surface area contributed by atoms with Crippen molar-refractivity contribution in [2.24, 2.45) is 5.92 Å². The van der Waals surface area contributed by atoms with Crippen LogP contribution in [-0.4, -0.2) is 66.9 Å². The maximum atomic E-state index is 16.3. The number of carbonyl (C=O) groups excluding carboxylic acids is 3. The van der Waals surface area contributed by atoms with Gasteiger partial charge in [-0.1, -0.05) is 49.4 Å². The molecule has 4 atom stereocenters. The van der Waals surface area contributed by atoms with Crippen molar-refractivity contribution in [1.29, 1.82) is 0 Å². The number of aliphatic hydroxyl groups is 1. The van der Waals surface area contributed by atoms with Crippen molar-refractivity contribution in [2.75, 3.05) is 29.5 Å². The third-order valence-electron chi connectivity index (χ3n) is 9.91. The largest absolute Gasteiger partial charge is 0.395 e. The zero-order valence-electron chi connectivity index (χ0n) is 27.2. The third kappa shape index (κ3) is 5.90. The first-order chi connectivity index (χ1) is 22.8. The van der Waals surface area contributed by atoms with E-state index < -0.39 is 42.4 Å². The number of nitro benzene ring substituents is 1. The summed E-state index contributed by atoms with van der Waals surface area (Å²) in [5.74, 6) is -1.53. The van der Waals surface area contributed by atoms with Crippen LogP contribution in [0.1, 0.15) is 36.5 Å². The lowest BCUT2D eigenvalue weighted by molar-refractivity contribution is -0.385. The molecule has 2 fully saturated rings. The number of ether oxygens (including phenoxy) is 1. The van der Waals surface area contributed by atoms with Gasteiger partial charge in [0, 0.05) is 60.9 Å². The van der Waals surface area contributed by atoms with Crippen LogP contribution in [0.25, 0.3) is 0 Å². The number of carbonyl (C=O) groups is 3. The van der Waals surface area contributed by atoms with Crippen molar-refractivity contribution in [3.63, 3.8) is 0 Å². The molecule has 48 heavy (non-hydrogen) atoms. The van der Waals surface area contributed by atoms with E-state index in [9.17, 15) is 29.6 Å². The summed E-state index contributed by atoms with van der Waals surface area (Å²) in [4.78, 5) is 56.4. The van der Waals surface area contributed by atoms with Crippen LogP contribution in [0.3, 0.4) is 0 Å². The second-order valence-electron chi connectivity index (χ2n) is 13.3. The van der Waals surface area contributed by atoms with Gasteiger partial charge in [0.2, 0.25) is 20.2 Å². The van der Waals surface area contributed by atoms with E-state index in [2.05, 4.69) is 0 Å². The van der Waals surface area contributed by atoms with Crippen molar-refractivity contribution in [3.05, 3.63) is 99.6 Å². The Labute approximate surface area is 279 Å². The van der Waals surface area contributed by atoms with Crippen LogP contribution in [0, 0.1) is 16.0 Å². The van der Waals surface area contributed by atoms with E-state index in [0.717, 1.165) is 16.8 Å². The van der Waals surface area contributed by atoms with Gasteiger partial charge in [0.15, 0.2) is 5.60 Å². The molecule has 6 rings (SSSR count). The van der Waals surface area contributed by atoms with Gasteiger partial charge < -0.3 is 28.7 Å². The Morgan fingerprint density at radius 1 is 1.10 bits per heavy atom. The summed E-state index contributed by atoms with van der Waals surface area (Å²) in [7, 11) is -3.62. The molecule has 3 aromatic carbocycles. The van der Waals surface area contributed by atoms with E-state index in [1.54, 1.807) is 11.8 Å². The molecule has 3 aliphatic rings. The molecule has 0 unspecified atom stereocenters. The molecule has 3 aliphatic heterocycles. The molecule has 3 heterocycles. The average Bonchev–Trinajstić information content (AvgIpc) is 3.47. The van der Waals surface area contributed by atoms with Crippen molar-refractivity contribution in [1.82, 2.24) is 4.90 Å². The van der Waals surface area contributed by atoms with E-state index in [1.165, 1.54) is 41.1 Å². The fourth-order valence-corrected chi connectivity index (χ4v) is 10.1. The molecule has 252 valence electrons. The average molecular weight is 675 g/mol. The maximum Gasteiger partial charge on any atom is 0.269 e. The molecule has 1 N–H and O–H groups in total. The van der Waals surface area contributed by atoms with E-state index in [4.69, 9.17) is 4.74 Å². The van der Waals surface area contributed by atoms with E-state index >= 15 is 4.11 Å². The number of non-ortho nitro benzene ring substituents is 1. The van der Waals surface area contributed by atoms with Gasteiger partial charge in [-0.05, 0) is 42.4 Å². The van der Waals surface area contributed by atoms with Gasteiger partial charge in [-0.3, -0.25) is 24.5 Å². The lowest BCUT2D eigenvalue weighted by Gasteiger charge is -2.31. The SMILES string of the molecule is C[C@H]1[C@H]([Si](C)(C)F)[C@@H](CC(=O)N(CCO)Cc2ccccc2)O[C@]12C(=O)N(Cc1ccc(N3CCC3=O)cc1)c1ccc([N+](=O)[O-])cc12. The molecule has 3 amide bonds. The summed E-state index contributed by atoms with van der Waals surface area (Å²) in [6.07, 6.45) is -0.704. The Bertz CT molecular complexity index is 1730. The Morgan fingerprint density at radius 3 is 2.40 bits per heavy atom. The highest BCUT2D eigenvalue weighted by molar-refractivity contribution is 6.72. The van der Waals surface area contributed by atoms with E-state index in [1.807, 2.05) is 54.6 Å². The lowest BCUT2D eigenvalue weighted by atomic mass is 9.82. The van der Waals surface area contributed by atoms with Crippen molar-refractivity contribution >= 4 is 43.2 Å². The summed E-state index contributed by atoms with van der Waals surface area (Å²) in [6, 6.07) is 20.8. The number of aliphatic hydroxyl groups excluding tert-OH is 1. The Hall–Kier alpha value is -4.46. The Balaban J connectivity index is 1.35. The minimum Gasteiger partial charge on any atom is -0.395 e. The Morgan fingerprint density at radius 2 is 1.81 bits per heavy atom. The van der Waals surface area contributed by atoms with Gasteiger partial charge in [-0.15, -0.1) is 0 Å². The van der Waals surface area contributed by atoms with Crippen LogP contribution in [0.2, 0.25) is 18.6 Å². The highest BCUT2D eigenvalue weighted by Crippen LogP contribution is 2.60. The number of anilines is 2. The van der Waals surface area contributed by atoms with Crippen LogP contribution in [0.15, 0.2) is 72.8 Å². The maximum absolute atomic E-state index is 16.3. The summed E-state index contributed by atoms with van der Waals surface area (Å²) in [6.45, 7) is 5.59. The summed E-state index contributed by atoms with van der Waals surface area (Å²) in [5.41, 5.74) is 0.317. The Kier molecular flexibility index (Phi) is 8.96. The molecule has 0 saturated carbocycles. The zero-order valence-corrected chi connectivity index (χ0v) is 28.2. The molecular formula is C35H39FN4O7Si. The molecule has 0 bridgehead atoms. The summed E-state index contributed by atoms with van der Waals surface area (Å²) < 4.78 is 23.0. The molecule has 0 aliphatic carbocycles. The van der Waals surface area contributed by atoms with Gasteiger partial charge in [-0.25, -0.2) is 0 Å². The molecule has 11 nitrogen and oxygen atoms in total. The normalized spacial score (nSPS) is 23.4. The molecule has 0 aromatic heterocycles. The minimum atomic E-state index is -3.62. The van der Waals surface area contributed by atoms with Crippen LogP contribution in [0.5, 0.6) is 0 Å². The molecular weight excluding hydrogens is 635 g/mol. The predicted molar refractivity (Wildman–Crippen MR) is 179 cm³/mol. The topological polar surface area (TPSA) is 134 Å². The van der Waals surface area contributed by atoms with Crippen LogP contribution < -0.4 is 9.80 Å². The van der Waals surface area contributed by atoms with Gasteiger partial charge in [-0.2, -0.15) is 0 Å². The number of rotatable bonds is 11. The quantitative estimate of drug-likeness (QED) is 0.0988. The zero-order chi connectivity index (χ0) is 34.4. The highest BCUT2D eigenvalue weighted by atomic mass is 28.4. The van der Waals surface area contributed by atoms with Gasteiger partial charge in [0.1, 0.15) is 0 Å². The number of nitro groups is 1. The summed E-state index contributed by atoms with van der Waals surface area (Å²) in [5, 5.41) is 21.7. The number of hydrogen-bond acceptors (Lipinski definition) is 7. The minimum absolute atomic E-state index is 0.0452. The van der Waals surface area contributed by atoms with Crippen LogP contribution in [0.4, 0.5) is 21.2 Å². The number of β-lactam (4-membered cyclic amide) rings is 1. The van der Waals surface area contributed by atoms with Gasteiger partial charge >= 0.3 is 0 Å². The highest BCUT2D eigenvalue weighted by Gasteiger charge is 2.67. The summed E-state index contributed by atoms with van der Waals surface area (Å²) >= 11 is 0. The molecule has 2 saturated heterocycles. The number of amides is 3. The van der Waals surface area contributed by atoms with E-state index in [-0.39, 0.29) is 55.7 Å². The predicted octanol–water partition coefficient (Wildman–Crippen LogP) is 5.06. The van der Waals surface area contributed by atoms with Crippen LogP contribution >= 0.6 is 0 Å². The fourth-order valence-electron chi connectivity index (χ4n) is 7.58. The van der Waals surface area contributed by atoms with Crippen molar-refractivity contribution in [3.8, 4) is 0 Å². The lowest BCUT2D eigenvalue weighted by Crippen LogP contribution is -2.45. The first kappa shape index (κ1) is 33.4. The molecule has 13 heteroatoms. The molecule has 3 aromatic rings. The number of benzene rings is 3. The monoisotopic (exact) mass is 674 g/mol. The first-order valence-corrected chi connectivity index (χ1v) is 19.1. The first-order valence-electron chi connectivity index (χ1n) is 16.1. The van der Waals surface area contributed by atoms with Gasteiger partial charge in [0.05, 0.1) is 36.3 Å². The van der Waals surface area contributed by atoms with Crippen molar-refractivity contribution in [2.45, 2.75) is 63.2 Å². The molecule has 0 radical (unpaired) electrons. The number of halogens is 1. The standard InChI is InChI=1S/C35H39FN4O7Si/c1-23-33(48(2,3)36)30(20-32(43)37(17-18-41)21-24-7-5-4-6-8-24)47-35(23)28-19-27(40(45)46)13-14-29(28)39(34(35)44)22-25-9-11-26(12-10-25)38-16-15-31(38)42/h4-14,19,23,30,33,41H,15-18,20-22H2,1-3H3/t23-,30+,33-,35+/m0/s1. The van der Waals surface area contributed by atoms with Gasteiger partial charge in [0.25, 0.3) is 11.6 Å². The number of nitrogens with zero attached hydrogens (tertiary/aromatic N) is 4. The second kappa shape index (κ2) is 12.9. The molecule has 1 spiro atoms. The second-order valence-corrected chi connectivity index (χ2v) is 17.1. The number of hydrogen-bond donors (Lipinski definition) is 1.